The lowest BCUT2D eigenvalue weighted by Gasteiger charge is -2.17. The molecule has 0 radical (unpaired) electrons. The summed E-state index contributed by atoms with van der Waals surface area (Å²) < 4.78 is 10.6. The molecule has 3 aromatic rings. The number of carbonyl (C=O) groups excluding carboxylic acids is 1. The summed E-state index contributed by atoms with van der Waals surface area (Å²) in [7, 11) is 3.29. The number of nitrogens with one attached hydrogen (secondary N) is 3. The molecule has 0 spiro atoms. The van der Waals surface area contributed by atoms with Crippen LogP contribution in [0.1, 0.15) is 35.3 Å². The van der Waals surface area contributed by atoms with Crippen LogP contribution in [0.5, 0.6) is 5.75 Å². The van der Waals surface area contributed by atoms with Crippen LogP contribution in [0.25, 0.3) is 0 Å². The van der Waals surface area contributed by atoms with Crippen LogP contribution in [0.2, 0.25) is 5.02 Å². The average molecular weight is 509 g/mol. The molecule has 188 valence electrons. The first-order valence-electron chi connectivity index (χ1n) is 11.4. The predicted octanol–water partition coefficient (Wildman–Crippen LogP) is 4.74. The quantitative estimate of drug-likeness (QED) is 0.342. The molecule has 10 heteroatoms. The molecule has 0 fully saturated rings. The number of hydrogen-bond acceptors (Lipinski definition) is 7. The smallest absolute Gasteiger partial charge is 0.324 e. The van der Waals surface area contributed by atoms with Gasteiger partial charge in [-0.1, -0.05) is 29.8 Å². The molecule has 3 N–H and O–H groups in total. The van der Waals surface area contributed by atoms with Gasteiger partial charge in [0.15, 0.2) is 11.5 Å². The molecule has 2 amide bonds. The molecule has 1 aromatic heterocycles. The number of nitriles is 1. The standard InChI is InChI=1S/C26H29ClN6O3/c1-17(18-5-4-6-22(12-18)36-3)29-9-7-19-11-20(8-10-35-2)24(13-23(19)27)32-26(34)33-25-16-30-21(14-28)15-31-25/h4-6,11-13,15-17,29H,7-10H2,1-3H3,(H2,31,32,33,34)/t17-/m0/s1. The van der Waals surface area contributed by atoms with Gasteiger partial charge in [0.1, 0.15) is 11.8 Å². The summed E-state index contributed by atoms with van der Waals surface area (Å²) in [5.41, 5.74) is 3.75. The van der Waals surface area contributed by atoms with E-state index in [0.717, 1.165) is 22.4 Å². The molecular formula is C26H29ClN6O3. The minimum Gasteiger partial charge on any atom is -0.497 e. The van der Waals surface area contributed by atoms with E-state index in [-0.39, 0.29) is 17.6 Å². The average Bonchev–Trinajstić information content (AvgIpc) is 2.89. The van der Waals surface area contributed by atoms with Crippen molar-refractivity contribution in [3.63, 3.8) is 0 Å². The second-order valence-corrected chi connectivity index (χ2v) is 8.43. The summed E-state index contributed by atoms with van der Waals surface area (Å²) >= 11 is 6.58. The summed E-state index contributed by atoms with van der Waals surface area (Å²) in [6.45, 7) is 3.31. The van der Waals surface area contributed by atoms with Crippen LogP contribution in [-0.4, -0.2) is 43.4 Å². The van der Waals surface area contributed by atoms with Gasteiger partial charge in [0, 0.05) is 23.9 Å². The van der Waals surface area contributed by atoms with Crippen LogP contribution in [0, 0.1) is 11.3 Å². The van der Waals surface area contributed by atoms with E-state index in [9.17, 15) is 4.79 Å². The normalized spacial score (nSPS) is 11.4. The maximum atomic E-state index is 12.5. The predicted molar refractivity (Wildman–Crippen MR) is 140 cm³/mol. The second kappa shape index (κ2) is 13.4. The molecular weight excluding hydrogens is 480 g/mol. The van der Waals surface area contributed by atoms with Gasteiger partial charge in [-0.25, -0.2) is 14.8 Å². The zero-order chi connectivity index (χ0) is 25.9. The van der Waals surface area contributed by atoms with E-state index < -0.39 is 6.03 Å². The number of rotatable bonds is 11. The number of anilines is 2. The number of nitrogens with zero attached hydrogens (tertiary/aromatic N) is 3. The molecule has 0 bridgehead atoms. The molecule has 9 nitrogen and oxygen atoms in total. The van der Waals surface area contributed by atoms with Crippen LogP contribution in [-0.2, 0) is 17.6 Å². The van der Waals surface area contributed by atoms with E-state index in [2.05, 4.69) is 38.9 Å². The first kappa shape index (κ1) is 26.9. The number of benzene rings is 2. The Hall–Kier alpha value is -3.71. The molecule has 2 aromatic carbocycles. The number of hydrogen-bond donors (Lipinski definition) is 3. The Balaban J connectivity index is 1.66. The van der Waals surface area contributed by atoms with Crippen molar-refractivity contribution in [2.45, 2.75) is 25.8 Å². The van der Waals surface area contributed by atoms with Crippen molar-refractivity contribution in [3.8, 4) is 11.8 Å². The topological polar surface area (TPSA) is 121 Å². The van der Waals surface area contributed by atoms with Gasteiger partial charge in [0.25, 0.3) is 0 Å². The summed E-state index contributed by atoms with van der Waals surface area (Å²) in [5.74, 6) is 1.05. The van der Waals surface area contributed by atoms with Crippen molar-refractivity contribution in [2.24, 2.45) is 0 Å². The zero-order valence-corrected chi connectivity index (χ0v) is 21.2. The number of carbonyl (C=O) groups is 1. The second-order valence-electron chi connectivity index (χ2n) is 8.02. The van der Waals surface area contributed by atoms with Gasteiger partial charge in [-0.05, 0) is 61.2 Å². The zero-order valence-electron chi connectivity index (χ0n) is 20.5. The molecule has 3 rings (SSSR count). The van der Waals surface area contributed by atoms with Gasteiger partial charge >= 0.3 is 6.03 Å². The molecule has 1 heterocycles. The highest BCUT2D eigenvalue weighted by atomic mass is 35.5. The lowest BCUT2D eigenvalue weighted by molar-refractivity contribution is 0.202. The van der Waals surface area contributed by atoms with Gasteiger partial charge < -0.3 is 20.1 Å². The lowest BCUT2D eigenvalue weighted by Crippen LogP contribution is -2.22. The largest absolute Gasteiger partial charge is 0.497 e. The monoisotopic (exact) mass is 508 g/mol. The SMILES string of the molecule is COCCc1cc(CCN[C@@H](C)c2cccc(OC)c2)c(Cl)cc1NC(=O)Nc1cnc(C#N)cn1. The highest BCUT2D eigenvalue weighted by Gasteiger charge is 2.13. The van der Waals surface area contributed by atoms with Crippen LogP contribution < -0.4 is 20.7 Å². The molecule has 0 saturated carbocycles. The minimum atomic E-state index is -0.495. The Bertz CT molecular complexity index is 1210. The Labute approximate surface area is 215 Å². The number of amides is 2. The lowest BCUT2D eigenvalue weighted by atomic mass is 10.0. The summed E-state index contributed by atoms with van der Waals surface area (Å²) in [5, 5.41) is 18.3. The van der Waals surface area contributed by atoms with Gasteiger partial charge in [-0.3, -0.25) is 5.32 Å². The number of aromatic nitrogens is 2. The van der Waals surface area contributed by atoms with Gasteiger partial charge in [0.2, 0.25) is 0 Å². The van der Waals surface area contributed by atoms with Crippen molar-refractivity contribution >= 4 is 29.1 Å². The van der Waals surface area contributed by atoms with Crippen molar-refractivity contribution in [1.82, 2.24) is 15.3 Å². The first-order valence-corrected chi connectivity index (χ1v) is 11.8. The number of halogens is 1. The van der Waals surface area contributed by atoms with Crippen molar-refractivity contribution in [1.29, 1.82) is 5.26 Å². The van der Waals surface area contributed by atoms with Crippen LogP contribution in [0.15, 0.2) is 48.8 Å². The molecule has 0 aliphatic rings. The Morgan fingerprint density at radius 2 is 1.94 bits per heavy atom. The minimum absolute atomic E-state index is 0.141. The molecule has 0 unspecified atom stereocenters. The maximum absolute atomic E-state index is 12.5. The summed E-state index contributed by atoms with van der Waals surface area (Å²) in [6, 6.07) is 13.2. The first-order chi connectivity index (χ1) is 17.4. The summed E-state index contributed by atoms with van der Waals surface area (Å²) in [6.07, 6.45) is 3.91. The number of urea groups is 1. The van der Waals surface area contributed by atoms with Gasteiger partial charge in [-0.2, -0.15) is 5.26 Å². The van der Waals surface area contributed by atoms with E-state index in [4.69, 9.17) is 26.3 Å². The third-order valence-corrected chi connectivity index (χ3v) is 5.89. The Morgan fingerprint density at radius 3 is 2.64 bits per heavy atom. The van der Waals surface area contributed by atoms with Crippen molar-refractivity contribution in [3.05, 3.63) is 76.2 Å². The molecule has 1 atom stereocenters. The Kier molecular flexibility index (Phi) is 10.0. The van der Waals surface area contributed by atoms with Gasteiger partial charge in [0.05, 0.1) is 26.1 Å². The fourth-order valence-electron chi connectivity index (χ4n) is 3.57. The van der Waals surface area contributed by atoms with E-state index in [1.165, 1.54) is 12.4 Å². The third kappa shape index (κ3) is 7.65. The number of methoxy groups -OCH3 is 2. The third-order valence-electron chi connectivity index (χ3n) is 5.54. The van der Waals surface area contributed by atoms with Crippen LogP contribution >= 0.6 is 11.6 Å². The highest BCUT2D eigenvalue weighted by molar-refractivity contribution is 6.31. The van der Waals surface area contributed by atoms with Crippen molar-refractivity contribution < 1.29 is 14.3 Å². The summed E-state index contributed by atoms with van der Waals surface area (Å²) in [4.78, 5) is 20.4. The van der Waals surface area contributed by atoms with E-state index in [0.29, 0.717) is 36.7 Å². The molecule has 0 aliphatic heterocycles. The highest BCUT2D eigenvalue weighted by Crippen LogP contribution is 2.27. The molecule has 0 saturated heterocycles. The van der Waals surface area contributed by atoms with E-state index >= 15 is 0 Å². The van der Waals surface area contributed by atoms with Crippen LogP contribution in [0.4, 0.5) is 16.3 Å². The van der Waals surface area contributed by atoms with Crippen molar-refractivity contribution in [2.75, 3.05) is 38.0 Å². The van der Waals surface area contributed by atoms with Gasteiger partial charge in [-0.15, -0.1) is 0 Å². The van der Waals surface area contributed by atoms with E-state index in [1.807, 2.05) is 30.3 Å². The fourth-order valence-corrected chi connectivity index (χ4v) is 3.83. The Morgan fingerprint density at radius 1 is 1.11 bits per heavy atom. The molecule has 36 heavy (non-hydrogen) atoms. The fraction of sp³-hybridized carbons (Fsp3) is 0.308. The maximum Gasteiger partial charge on any atom is 0.324 e. The van der Waals surface area contributed by atoms with Crippen LogP contribution in [0.3, 0.4) is 0 Å². The van der Waals surface area contributed by atoms with E-state index in [1.54, 1.807) is 20.3 Å². The molecule has 0 aliphatic carbocycles. The number of ether oxygens (including phenoxy) is 2.